The molecule has 0 aliphatic carbocycles. The largest absolute Gasteiger partial charge is 0.389 e. The van der Waals surface area contributed by atoms with Crippen molar-refractivity contribution in [3.8, 4) is 0 Å². The van der Waals surface area contributed by atoms with E-state index in [-0.39, 0.29) is 5.25 Å². The Balaban J connectivity index is 2.14. The van der Waals surface area contributed by atoms with E-state index in [1.54, 1.807) is 11.8 Å². The van der Waals surface area contributed by atoms with Gasteiger partial charge in [-0.1, -0.05) is 11.8 Å². The van der Waals surface area contributed by atoms with Gasteiger partial charge >= 0.3 is 0 Å². The molecule has 0 aromatic carbocycles. The van der Waals surface area contributed by atoms with Gasteiger partial charge in [-0.3, -0.25) is 0 Å². The summed E-state index contributed by atoms with van der Waals surface area (Å²) in [5.74, 6) is 0. The number of aliphatic hydroxyl groups is 1. The Morgan fingerprint density at radius 1 is 1.41 bits per heavy atom. The van der Waals surface area contributed by atoms with Gasteiger partial charge in [-0.25, -0.2) is 9.97 Å². The van der Waals surface area contributed by atoms with Crippen LogP contribution >= 0.6 is 11.8 Å². The minimum atomic E-state index is -0.642. The molecule has 1 aliphatic heterocycles. The second-order valence-corrected chi connectivity index (χ2v) is 6.02. The molecule has 2 N–H and O–H groups in total. The van der Waals surface area contributed by atoms with Gasteiger partial charge in [0.25, 0.3) is 0 Å². The lowest BCUT2D eigenvalue weighted by Crippen LogP contribution is -2.50. The molecule has 0 radical (unpaired) electrons. The molecule has 17 heavy (non-hydrogen) atoms. The van der Waals surface area contributed by atoms with Gasteiger partial charge in [0.1, 0.15) is 0 Å². The Hall–Kier alpha value is -0.650. The molecule has 2 heterocycles. The fourth-order valence-corrected chi connectivity index (χ4v) is 3.22. The van der Waals surface area contributed by atoms with Crippen molar-refractivity contribution >= 4 is 11.8 Å². The van der Waals surface area contributed by atoms with Crippen LogP contribution in [0.1, 0.15) is 24.7 Å². The zero-order chi connectivity index (χ0) is 12.5. The highest BCUT2D eigenvalue weighted by molar-refractivity contribution is 7.99. The van der Waals surface area contributed by atoms with Crippen LogP contribution < -0.4 is 5.32 Å². The summed E-state index contributed by atoms with van der Waals surface area (Å²) in [5, 5.41) is 14.5. The monoisotopic (exact) mass is 253 g/mol. The molecule has 1 fully saturated rings. The maximum absolute atomic E-state index is 10.3. The number of nitrogens with one attached hydrogen (secondary N) is 1. The maximum atomic E-state index is 10.3. The molecule has 1 aliphatic rings. The predicted molar refractivity (Wildman–Crippen MR) is 69.3 cm³/mol. The fourth-order valence-electron chi connectivity index (χ4n) is 2.00. The first kappa shape index (κ1) is 12.8. The zero-order valence-electron chi connectivity index (χ0n) is 10.5. The third kappa shape index (κ3) is 3.18. The molecule has 2 rings (SSSR count). The van der Waals surface area contributed by atoms with Crippen molar-refractivity contribution in [2.24, 2.45) is 0 Å². The number of aromatic nitrogens is 2. The summed E-state index contributed by atoms with van der Waals surface area (Å²) < 4.78 is 0. The van der Waals surface area contributed by atoms with Gasteiger partial charge in [0.05, 0.1) is 10.9 Å². The summed E-state index contributed by atoms with van der Waals surface area (Å²) >= 11 is 1.57. The first-order chi connectivity index (χ1) is 7.97. The summed E-state index contributed by atoms with van der Waals surface area (Å²) in [6, 6.07) is 1.96. The smallest absolute Gasteiger partial charge is 0.188 e. The quantitative estimate of drug-likeness (QED) is 0.778. The van der Waals surface area contributed by atoms with E-state index >= 15 is 0 Å². The lowest BCUT2D eigenvalue weighted by Gasteiger charge is -2.36. The van der Waals surface area contributed by atoms with Crippen molar-refractivity contribution in [1.29, 1.82) is 0 Å². The summed E-state index contributed by atoms with van der Waals surface area (Å²) in [6.45, 7) is 7.51. The van der Waals surface area contributed by atoms with E-state index in [0.29, 0.717) is 0 Å². The van der Waals surface area contributed by atoms with Gasteiger partial charge in [-0.05, 0) is 39.8 Å². The predicted octanol–water partition coefficient (Wildman–Crippen LogP) is 1.30. The Morgan fingerprint density at radius 2 is 2.06 bits per heavy atom. The molecule has 5 heteroatoms. The van der Waals surface area contributed by atoms with Crippen LogP contribution in [0, 0.1) is 13.8 Å². The molecule has 1 saturated heterocycles. The molecule has 0 spiro atoms. The van der Waals surface area contributed by atoms with Gasteiger partial charge < -0.3 is 10.4 Å². The Morgan fingerprint density at radius 3 is 2.65 bits per heavy atom. The van der Waals surface area contributed by atoms with Gasteiger partial charge in [-0.2, -0.15) is 0 Å². The standard InChI is InChI=1S/C12H19N3OS/c1-8-6-9(2)15-11(14-8)17-10-7-13-5-4-12(10,3)16/h6,10,13,16H,4-5,7H2,1-3H3. The Labute approximate surface area is 106 Å². The van der Waals surface area contributed by atoms with Gasteiger partial charge in [0, 0.05) is 17.9 Å². The molecule has 2 atom stereocenters. The minimum absolute atomic E-state index is 0.109. The van der Waals surface area contributed by atoms with Crippen molar-refractivity contribution in [3.05, 3.63) is 17.5 Å². The van der Waals surface area contributed by atoms with Crippen molar-refractivity contribution in [2.75, 3.05) is 13.1 Å². The van der Waals surface area contributed by atoms with Gasteiger partial charge in [0.15, 0.2) is 5.16 Å². The van der Waals surface area contributed by atoms with Crippen LogP contribution in [0.15, 0.2) is 11.2 Å². The molecule has 94 valence electrons. The SMILES string of the molecule is Cc1cc(C)nc(SC2CNCCC2(C)O)n1. The van der Waals surface area contributed by atoms with Crippen molar-refractivity contribution in [1.82, 2.24) is 15.3 Å². The van der Waals surface area contributed by atoms with Crippen LogP contribution in [0.5, 0.6) is 0 Å². The van der Waals surface area contributed by atoms with E-state index < -0.39 is 5.60 Å². The second-order valence-electron chi connectivity index (χ2n) is 4.85. The van der Waals surface area contributed by atoms with Crippen molar-refractivity contribution in [2.45, 2.75) is 43.2 Å². The summed E-state index contributed by atoms with van der Waals surface area (Å²) in [7, 11) is 0. The third-order valence-electron chi connectivity index (χ3n) is 3.04. The van der Waals surface area contributed by atoms with E-state index in [9.17, 15) is 5.11 Å². The fraction of sp³-hybridized carbons (Fsp3) is 0.667. The van der Waals surface area contributed by atoms with Crippen LogP contribution in [0.2, 0.25) is 0 Å². The number of nitrogens with zero attached hydrogens (tertiary/aromatic N) is 2. The summed E-state index contributed by atoms with van der Waals surface area (Å²) in [4.78, 5) is 8.81. The number of hydrogen-bond donors (Lipinski definition) is 2. The van der Waals surface area contributed by atoms with E-state index in [4.69, 9.17) is 0 Å². The lowest BCUT2D eigenvalue weighted by atomic mass is 9.94. The lowest BCUT2D eigenvalue weighted by molar-refractivity contribution is 0.0354. The first-order valence-electron chi connectivity index (χ1n) is 5.89. The molecule has 4 nitrogen and oxygen atoms in total. The van der Waals surface area contributed by atoms with Crippen LogP contribution in [-0.4, -0.2) is 39.0 Å². The topological polar surface area (TPSA) is 58.0 Å². The van der Waals surface area contributed by atoms with Crippen LogP contribution in [0.4, 0.5) is 0 Å². The molecule has 2 unspecified atom stereocenters. The minimum Gasteiger partial charge on any atom is -0.389 e. The molecule has 1 aromatic rings. The Bertz CT molecular complexity index is 388. The van der Waals surface area contributed by atoms with E-state index in [1.807, 2.05) is 26.8 Å². The maximum Gasteiger partial charge on any atom is 0.188 e. The first-order valence-corrected chi connectivity index (χ1v) is 6.77. The molecule has 0 bridgehead atoms. The molecular formula is C12H19N3OS. The van der Waals surface area contributed by atoms with Gasteiger partial charge in [-0.15, -0.1) is 0 Å². The summed E-state index contributed by atoms with van der Waals surface area (Å²) in [5.41, 5.74) is 1.31. The zero-order valence-corrected chi connectivity index (χ0v) is 11.3. The number of hydrogen-bond acceptors (Lipinski definition) is 5. The van der Waals surface area contributed by atoms with E-state index in [2.05, 4.69) is 15.3 Å². The van der Waals surface area contributed by atoms with E-state index in [1.165, 1.54) is 0 Å². The highest BCUT2D eigenvalue weighted by atomic mass is 32.2. The molecular weight excluding hydrogens is 234 g/mol. The molecule has 0 amide bonds. The highest BCUT2D eigenvalue weighted by Gasteiger charge is 2.35. The average Bonchev–Trinajstić information content (AvgIpc) is 2.19. The number of rotatable bonds is 2. The van der Waals surface area contributed by atoms with Crippen LogP contribution in [-0.2, 0) is 0 Å². The van der Waals surface area contributed by atoms with Crippen LogP contribution in [0.3, 0.4) is 0 Å². The van der Waals surface area contributed by atoms with Gasteiger partial charge in [0.2, 0.25) is 0 Å². The van der Waals surface area contributed by atoms with E-state index in [0.717, 1.165) is 36.1 Å². The number of piperidine rings is 1. The Kier molecular flexibility index (Phi) is 3.70. The second kappa shape index (κ2) is 4.92. The number of thioether (sulfide) groups is 1. The normalized spacial score (nSPS) is 29.3. The van der Waals surface area contributed by atoms with Crippen molar-refractivity contribution in [3.63, 3.8) is 0 Å². The highest BCUT2D eigenvalue weighted by Crippen LogP contribution is 2.32. The third-order valence-corrected chi connectivity index (χ3v) is 4.39. The van der Waals surface area contributed by atoms with Crippen LogP contribution in [0.25, 0.3) is 0 Å². The summed E-state index contributed by atoms with van der Waals surface area (Å²) in [6.07, 6.45) is 0.773. The average molecular weight is 253 g/mol. The number of aryl methyl sites for hydroxylation is 2. The van der Waals surface area contributed by atoms with Crippen molar-refractivity contribution < 1.29 is 5.11 Å². The molecule has 1 aromatic heterocycles. The molecule has 0 saturated carbocycles.